The number of para-hydroxylation sites is 1. The molecule has 0 atom stereocenters. The Bertz CT molecular complexity index is 1100. The van der Waals surface area contributed by atoms with Crippen LogP contribution in [0.25, 0.3) is 16.6 Å². The normalized spacial score (nSPS) is 10.9. The highest BCUT2D eigenvalue weighted by atomic mass is 16.5. The van der Waals surface area contributed by atoms with E-state index in [1.54, 1.807) is 28.8 Å². The van der Waals surface area contributed by atoms with Crippen LogP contribution in [0.15, 0.2) is 67.1 Å². The highest BCUT2D eigenvalue weighted by Gasteiger charge is 2.16. The average Bonchev–Trinajstić information content (AvgIpc) is 3.09. The van der Waals surface area contributed by atoms with Crippen molar-refractivity contribution >= 4 is 17.3 Å². The predicted octanol–water partition coefficient (Wildman–Crippen LogP) is 3.57. The lowest BCUT2D eigenvalue weighted by atomic mass is 10.00. The molecule has 2 N–H and O–H groups in total. The molecule has 6 nitrogen and oxygen atoms in total. The van der Waals surface area contributed by atoms with Gasteiger partial charge in [-0.3, -0.25) is 0 Å². The first kappa shape index (κ1) is 16.8. The molecule has 4 aromatic rings. The van der Waals surface area contributed by atoms with E-state index in [1.807, 2.05) is 36.5 Å². The summed E-state index contributed by atoms with van der Waals surface area (Å²) < 4.78 is 7.08. The highest BCUT2D eigenvalue weighted by Crippen LogP contribution is 2.32. The topological polar surface area (TPSA) is 82.5 Å². The van der Waals surface area contributed by atoms with Crippen LogP contribution in [0.5, 0.6) is 5.75 Å². The number of esters is 1. The van der Waals surface area contributed by atoms with Crippen molar-refractivity contribution in [1.82, 2.24) is 14.6 Å². The summed E-state index contributed by atoms with van der Waals surface area (Å²) in [5, 5.41) is 4.21. The molecule has 0 unspecified atom stereocenters. The minimum atomic E-state index is -0.408. The van der Waals surface area contributed by atoms with Gasteiger partial charge in [0.05, 0.1) is 5.56 Å². The van der Waals surface area contributed by atoms with Crippen molar-refractivity contribution in [2.45, 2.75) is 6.42 Å². The highest BCUT2D eigenvalue weighted by molar-refractivity contribution is 5.94. The number of nitrogen functional groups attached to an aromatic ring is 1. The van der Waals surface area contributed by atoms with Crippen LogP contribution in [0.4, 0.5) is 5.82 Å². The van der Waals surface area contributed by atoms with Crippen LogP contribution >= 0.6 is 0 Å². The van der Waals surface area contributed by atoms with Gasteiger partial charge in [0, 0.05) is 11.8 Å². The average molecular weight is 357 g/mol. The van der Waals surface area contributed by atoms with Crippen molar-refractivity contribution in [3.8, 4) is 16.9 Å². The SMILES string of the molecule is [CH2]Cc1cn2ncnc(N)c2c1-c1ccc(C(=O)Oc2ccccc2)cc1. The second kappa shape index (κ2) is 6.92. The molecule has 0 amide bonds. The monoisotopic (exact) mass is 357 g/mol. The minimum absolute atomic E-state index is 0.396. The van der Waals surface area contributed by atoms with Crippen LogP contribution in [0.1, 0.15) is 15.9 Å². The first-order valence-electron chi connectivity index (χ1n) is 8.45. The molecule has 0 bridgehead atoms. The van der Waals surface area contributed by atoms with Crippen LogP contribution in [0.2, 0.25) is 0 Å². The maximum absolute atomic E-state index is 12.3. The molecule has 4 rings (SSSR count). The van der Waals surface area contributed by atoms with Crippen molar-refractivity contribution in [3.05, 3.63) is 85.2 Å². The van der Waals surface area contributed by atoms with Gasteiger partial charge in [-0.05, 0) is 48.7 Å². The Labute approximate surface area is 156 Å². The quantitative estimate of drug-likeness (QED) is 0.446. The van der Waals surface area contributed by atoms with Crippen LogP contribution < -0.4 is 10.5 Å². The zero-order chi connectivity index (χ0) is 18.8. The number of ether oxygens (including phenoxy) is 1. The largest absolute Gasteiger partial charge is 0.423 e. The van der Waals surface area contributed by atoms with E-state index in [9.17, 15) is 4.79 Å². The third-order valence-electron chi connectivity index (χ3n) is 4.31. The van der Waals surface area contributed by atoms with Crippen LogP contribution in [-0.2, 0) is 6.42 Å². The first-order valence-corrected chi connectivity index (χ1v) is 8.45. The second-order valence-electron chi connectivity index (χ2n) is 6.00. The van der Waals surface area contributed by atoms with Gasteiger partial charge in [-0.15, -0.1) is 0 Å². The van der Waals surface area contributed by atoms with Gasteiger partial charge in [0.1, 0.15) is 17.6 Å². The van der Waals surface area contributed by atoms with Gasteiger partial charge in [-0.2, -0.15) is 5.10 Å². The van der Waals surface area contributed by atoms with Gasteiger partial charge >= 0.3 is 5.97 Å². The van der Waals surface area contributed by atoms with E-state index in [1.165, 1.54) is 6.33 Å². The lowest BCUT2D eigenvalue weighted by Gasteiger charge is -2.07. The molecule has 0 fully saturated rings. The third-order valence-corrected chi connectivity index (χ3v) is 4.31. The molecule has 0 aliphatic carbocycles. The molecule has 0 aliphatic rings. The molecule has 0 aliphatic heterocycles. The molecule has 2 heterocycles. The summed E-state index contributed by atoms with van der Waals surface area (Å²) in [5.41, 5.74) is 10.1. The van der Waals surface area contributed by atoms with Gasteiger partial charge in [0.25, 0.3) is 0 Å². The van der Waals surface area contributed by atoms with Crippen molar-refractivity contribution in [2.75, 3.05) is 5.73 Å². The summed E-state index contributed by atoms with van der Waals surface area (Å²) in [6.07, 6.45) is 3.89. The van der Waals surface area contributed by atoms with E-state index in [4.69, 9.17) is 10.5 Å². The number of nitrogens with zero attached hydrogens (tertiary/aromatic N) is 3. The summed E-state index contributed by atoms with van der Waals surface area (Å²) >= 11 is 0. The van der Waals surface area contributed by atoms with Crippen molar-refractivity contribution < 1.29 is 9.53 Å². The third kappa shape index (κ3) is 3.13. The maximum Gasteiger partial charge on any atom is 0.343 e. The predicted molar refractivity (Wildman–Crippen MR) is 103 cm³/mol. The van der Waals surface area contributed by atoms with Gasteiger partial charge in [0.15, 0.2) is 5.82 Å². The summed E-state index contributed by atoms with van der Waals surface area (Å²) in [6.45, 7) is 3.98. The fourth-order valence-electron chi connectivity index (χ4n) is 3.02. The van der Waals surface area contributed by atoms with Crippen LogP contribution in [0.3, 0.4) is 0 Å². The molecule has 1 radical (unpaired) electrons. The molecular formula is C21H17N4O2. The standard InChI is InChI=1S/C21H17N4O2/c1-2-14-12-25-19(20(22)23-13-24-25)18(14)15-8-10-16(11-9-15)21(26)27-17-6-4-3-5-7-17/h3-13H,1-2H2,(H2,22,23,24). The number of carbonyl (C=O) groups is 1. The maximum atomic E-state index is 12.3. The number of carbonyl (C=O) groups excluding carboxylic acids is 1. The number of anilines is 1. The molecule has 133 valence electrons. The lowest BCUT2D eigenvalue weighted by Crippen LogP contribution is -2.08. The zero-order valence-electron chi connectivity index (χ0n) is 14.5. The Balaban J connectivity index is 1.69. The lowest BCUT2D eigenvalue weighted by molar-refractivity contribution is 0.0735. The number of hydrogen-bond donors (Lipinski definition) is 1. The summed E-state index contributed by atoms with van der Waals surface area (Å²) in [6, 6.07) is 16.2. The van der Waals surface area contributed by atoms with E-state index in [0.717, 1.165) is 22.2 Å². The van der Waals surface area contributed by atoms with E-state index in [-0.39, 0.29) is 0 Å². The first-order chi connectivity index (χ1) is 13.2. The summed E-state index contributed by atoms with van der Waals surface area (Å²) in [5.74, 6) is 0.497. The summed E-state index contributed by atoms with van der Waals surface area (Å²) in [4.78, 5) is 16.4. The minimum Gasteiger partial charge on any atom is -0.423 e. The van der Waals surface area contributed by atoms with Crippen molar-refractivity contribution in [1.29, 1.82) is 0 Å². The van der Waals surface area contributed by atoms with Gasteiger partial charge in [-0.25, -0.2) is 14.3 Å². The number of aromatic nitrogens is 3. The van der Waals surface area contributed by atoms with Crippen LogP contribution in [0, 0.1) is 6.92 Å². The molecule has 2 aromatic carbocycles. The van der Waals surface area contributed by atoms with E-state index >= 15 is 0 Å². The zero-order valence-corrected chi connectivity index (χ0v) is 14.5. The molecule has 2 aromatic heterocycles. The second-order valence-corrected chi connectivity index (χ2v) is 6.00. The van der Waals surface area contributed by atoms with E-state index < -0.39 is 5.97 Å². The smallest absolute Gasteiger partial charge is 0.343 e. The number of fused-ring (bicyclic) bond motifs is 1. The number of nitrogens with two attached hydrogens (primary N) is 1. The number of hydrogen-bond acceptors (Lipinski definition) is 5. The molecule has 0 saturated carbocycles. The molecule has 0 spiro atoms. The molecule has 27 heavy (non-hydrogen) atoms. The molecular weight excluding hydrogens is 340 g/mol. The van der Waals surface area contributed by atoms with Crippen LogP contribution in [-0.4, -0.2) is 20.6 Å². The van der Waals surface area contributed by atoms with Gasteiger partial charge in [0.2, 0.25) is 0 Å². The van der Waals surface area contributed by atoms with Crippen molar-refractivity contribution in [2.24, 2.45) is 0 Å². The fraction of sp³-hybridized carbons (Fsp3) is 0.0476. The molecule has 0 saturated heterocycles. The fourth-order valence-corrected chi connectivity index (χ4v) is 3.02. The van der Waals surface area contributed by atoms with Crippen molar-refractivity contribution in [3.63, 3.8) is 0 Å². The Morgan fingerprint density at radius 2 is 1.85 bits per heavy atom. The Morgan fingerprint density at radius 3 is 2.56 bits per heavy atom. The Morgan fingerprint density at radius 1 is 1.11 bits per heavy atom. The Hall–Kier alpha value is -3.67. The summed E-state index contributed by atoms with van der Waals surface area (Å²) in [7, 11) is 0. The van der Waals surface area contributed by atoms with Gasteiger partial charge < -0.3 is 10.5 Å². The number of benzene rings is 2. The Kier molecular flexibility index (Phi) is 4.30. The van der Waals surface area contributed by atoms with E-state index in [2.05, 4.69) is 17.0 Å². The molecule has 6 heteroatoms. The van der Waals surface area contributed by atoms with Gasteiger partial charge in [-0.1, -0.05) is 30.3 Å². The van der Waals surface area contributed by atoms with E-state index in [0.29, 0.717) is 23.6 Å². The number of rotatable bonds is 4.